The first-order valence-corrected chi connectivity index (χ1v) is 10.7. The molecule has 0 spiro atoms. The topological polar surface area (TPSA) is 66.7 Å². The predicted molar refractivity (Wildman–Crippen MR) is 116 cm³/mol. The van der Waals surface area contributed by atoms with Gasteiger partial charge in [-0.3, -0.25) is 9.59 Å². The average Bonchev–Trinajstić information content (AvgIpc) is 3.30. The Kier molecular flexibility index (Phi) is 5.96. The van der Waals surface area contributed by atoms with E-state index in [2.05, 4.69) is 10.3 Å². The van der Waals surface area contributed by atoms with Gasteiger partial charge >= 0.3 is 0 Å². The first-order chi connectivity index (χ1) is 14.8. The van der Waals surface area contributed by atoms with Crippen LogP contribution in [-0.4, -0.2) is 38.7 Å². The predicted octanol–water partition coefficient (Wildman–Crippen LogP) is 3.78. The van der Waals surface area contributed by atoms with Crippen LogP contribution in [0.1, 0.15) is 37.6 Å². The fraction of sp³-hybridized carbons (Fsp3) is 0.348. The van der Waals surface area contributed by atoms with E-state index in [1.807, 2.05) is 48.8 Å². The fourth-order valence-corrected chi connectivity index (χ4v) is 4.36. The highest BCUT2D eigenvalue weighted by Crippen LogP contribution is 2.40. The molecule has 2 aromatic heterocycles. The van der Waals surface area contributed by atoms with E-state index in [-0.39, 0.29) is 29.3 Å². The maximum absolute atomic E-state index is 14.1. The third-order valence-corrected chi connectivity index (χ3v) is 5.94. The Balaban J connectivity index is 1.49. The molecule has 0 bridgehead atoms. The van der Waals surface area contributed by atoms with Crippen LogP contribution in [0, 0.1) is 11.7 Å². The van der Waals surface area contributed by atoms with E-state index in [9.17, 15) is 14.0 Å². The number of nitrogens with one attached hydrogen (secondary N) is 1. The van der Waals surface area contributed by atoms with Crippen LogP contribution in [0.2, 0.25) is 5.02 Å². The molecule has 1 aliphatic heterocycles. The molecule has 1 aliphatic rings. The molecule has 1 N–H and O–H groups in total. The Morgan fingerprint density at radius 3 is 2.84 bits per heavy atom. The van der Waals surface area contributed by atoms with Crippen LogP contribution in [0.4, 0.5) is 4.39 Å². The van der Waals surface area contributed by atoms with Gasteiger partial charge < -0.3 is 14.6 Å². The maximum Gasteiger partial charge on any atom is 0.226 e. The number of hydrogen-bond acceptors (Lipinski definition) is 3. The SMILES string of the molecule is CC(C)N1C(=O)C[C@H](C(=O)NCCc2cn3ccccc3n2)[C@@H]1c1ccc(Cl)c(F)c1. The summed E-state index contributed by atoms with van der Waals surface area (Å²) in [6.45, 7) is 4.18. The Labute approximate surface area is 185 Å². The van der Waals surface area contributed by atoms with Gasteiger partial charge in [0.1, 0.15) is 11.5 Å². The van der Waals surface area contributed by atoms with Crippen molar-refractivity contribution >= 4 is 29.1 Å². The van der Waals surface area contributed by atoms with E-state index in [1.54, 1.807) is 11.0 Å². The highest BCUT2D eigenvalue weighted by atomic mass is 35.5. The van der Waals surface area contributed by atoms with E-state index >= 15 is 0 Å². The Hall–Kier alpha value is -2.93. The number of imidazole rings is 1. The lowest BCUT2D eigenvalue weighted by Crippen LogP contribution is -2.39. The van der Waals surface area contributed by atoms with Crippen molar-refractivity contribution < 1.29 is 14.0 Å². The van der Waals surface area contributed by atoms with Crippen LogP contribution < -0.4 is 5.32 Å². The summed E-state index contributed by atoms with van der Waals surface area (Å²) in [7, 11) is 0. The molecule has 3 heterocycles. The molecule has 3 aromatic rings. The van der Waals surface area contributed by atoms with Gasteiger partial charge in [-0.15, -0.1) is 0 Å². The summed E-state index contributed by atoms with van der Waals surface area (Å²) >= 11 is 5.83. The average molecular weight is 443 g/mol. The molecule has 6 nitrogen and oxygen atoms in total. The third kappa shape index (κ3) is 4.28. The molecular formula is C23H24ClFN4O2. The standard InChI is InChI=1S/C23H24ClFN4O2/c1-14(2)29-21(30)12-17(22(29)15-6-7-18(24)19(25)11-15)23(31)26-9-8-16-13-28-10-4-3-5-20(28)27-16/h3-7,10-11,13-14,17,22H,8-9,12H2,1-2H3,(H,26,31)/t17-,22-/m0/s1. The van der Waals surface area contributed by atoms with Gasteiger partial charge in [0.2, 0.25) is 11.8 Å². The quantitative estimate of drug-likeness (QED) is 0.631. The van der Waals surface area contributed by atoms with Crippen LogP contribution in [0.3, 0.4) is 0 Å². The van der Waals surface area contributed by atoms with E-state index in [0.717, 1.165) is 11.3 Å². The monoisotopic (exact) mass is 442 g/mol. The normalized spacial score (nSPS) is 18.9. The molecule has 1 fully saturated rings. The first-order valence-electron chi connectivity index (χ1n) is 10.3. The largest absolute Gasteiger partial charge is 0.355 e. The minimum atomic E-state index is -0.600. The molecule has 162 valence electrons. The number of rotatable bonds is 6. The summed E-state index contributed by atoms with van der Waals surface area (Å²) in [5.74, 6) is -1.50. The van der Waals surface area contributed by atoms with E-state index in [4.69, 9.17) is 11.6 Å². The van der Waals surface area contributed by atoms with Crippen LogP contribution in [0.15, 0.2) is 48.8 Å². The Morgan fingerprint density at radius 1 is 1.32 bits per heavy atom. The second-order valence-corrected chi connectivity index (χ2v) is 8.47. The second kappa shape index (κ2) is 8.67. The molecule has 4 rings (SSSR count). The molecule has 1 saturated heterocycles. The van der Waals surface area contributed by atoms with Gasteiger partial charge in [0, 0.05) is 37.8 Å². The molecule has 31 heavy (non-hydrogen) atoms. The molecule has 0 saturated carbocycles. The molecule has 8 heteroatoms. The highest BCUT2D eigenvalue weighted by molar-refractivity contribution is 6.30. The van der Waals surface area contributed by atoms with Crippen LogP contribution in [0.5, 0.6) is 0 Å². The zero-order chi connectivity index (χ0) is 22.1. The molecule has 0 unspecified atom stereocenters. The minimum Gasteiger partial charge on any atom is -0.355 e. The molecule has 1 aromatic carbocycles. The summed E-state index contributed by atoms with van der Waals surface area (Å²) in [5, 5.41) is 2.95. The summed E-state index contributed by atoms with van der Waals surface area (Å²) in [6, 6.07) is 9.58. The van der Waals surface area contributed by atoms with Gasteiger partial charge in [0.15, 0.2) is 0 Å². The highest BCUT2D eigenvalue weighted by Gasteiger charge is 2.45. The lowest BCUT2D eigenvalue weighted by Gasteiger charge is -2.31. The van der Waals surface area contributed by atoms with Gasteiger partial charge in [-0.25, -0.2) is 9.37 Å². The summed E-state index contributed by atoms with van der Waals surface area (Å²) < 4.78 is 16.0. The van der Waals surface area contributed by atoms with Gasteiger partial charge in [0.25, 0.3) is 0 Å². The number of benzene rings is 1. The summed E-state index contributed by atoms with van der Waals surface area (Å²) in [6.07, 6.45) is 4.51. The summed E-state index contributed by atoms with van der Waals surface area (Å²) in [4.78, 5) is 31.9. The number of carbonyl (C=O) groups is 2. The van der Waals surface area contributed by atoms with E-state index in [1.165, 1.54) is 12.1 Å². The smallest absolute Gasteiger partial charge is 0.226 e. The van der Waals surface area contributed by atoms with Crippen molar-refractivity contribution in [1.29, 1.82) is 0 Å². The molecule has 2 amide bonds. The van der Waals surface area contributed by atoms with Crippen molar-refractivity contribution in [2.75, 3.05) is 6.54 Å². The third-order valence-electron chi connectivity index (χ3n) is 5.64. The van der Waals surface area contributed by atoms with Crippen molar-refractivity contribution in [2.45, 2.75) is 38.8 Å². The van der Waals surface area contributed by atoms with Gasteiger partial charge in [0.05, 0.1) is 22.7 Å². The van der Waals surface area contributed by atoms with Crippen LogP contribution >= 0.6 is 11.6 Å². The van der Waals surface area contributed by atoms with Crippen molar-refractivity contribution in [1.82, 2.24) is 19.6 Å². The van der Waals surface area contributed by atoms with Gasteiger partial charge in [-0.05, 0) is 43.7 Å². The van der Waals surface area contributed by atoms with Crippen molar-refractivity contribution in [3.8, 4) is 0 Å². The van der Waals surface area contributed by atoms with E-state index < -0.39 is 17.8 Å². The van der Waals surface area contributed by atoms with Gasteiger partial charge in [-0.1, -0.05) is 23.7 Å². The number of aromatic nitrogens is 2. The molecule has 0 radical (unpaired) electrons. The molecular weight excluding hydrogens is 419 g/mol. The number of hydrogen-bond donors (Lipinski definition) is 1. The fourth-order valence-electron chi connectivity index (χ4n) is 4.24. The van der Waals surface area contributed by atoms with Crippen LogP contribution in [-0.2, 0) is 16.0 Å². The lowest BCUT2D eigenvalue weighted by atomic mass is 9.92. The zero-order valence-electron chi connectivity index (χ0n) is 17.4. The number of amides is 2. The number of fused-ring (bicyclic) bond motifs is 1. The minimum absolute atomic E-state index is 0.0117. The zero-order valence-corrected chi connectivity index (χ0v) is 18.1. The Morgan fingerprint density at radius 2 is 2.13 bits per heavy atom. The number of halogens is 2. The number of likely N-dealkylation sites (tertiary alicyclic amines) is 1. The van der Waals surface area contributed by atoms with Crippen molar-refractivity contribution in [2.24, 2.45) is 5.92 Å². The van der Waals surface area contributed by atoms with Crippen molar-refractivity contribution in [3.63, 3.8) is 0 Å². The molecule has 2 atom stereocenters. The first kappa shape index (κ1) is 21.3. The summed E-state index contributed by atoms with van der Waals surface area (Å²) in [5.41, 5.74) is 2.29. The Bertz CT molecular complexity index is 1100. The number of pyridine rings is 1. The molecule has 0 aliphatic carbocycles. The maximum atomic E-state index is 14.1. The van der Waals surface area contributed by atoms with Crippen molar-refractivity contribution in [3.05, 3.63) is 70.9 Å². The second-order valence-electron chi connectivity index (χ2n) is 8.06. The van der Waals surface area contributed by atoms with Crippen LogP contribution in [0.25, 0.3) is 5.65 Å². The lowest BCUT2D eigenvalue weighted by molar-refractivity contribution is -0.130. The van der Waals surface area contributed by atoms with Gasteiger partial charge in [-0.2, -0.15) is 0 Å². The number of nitrogens with zero attached hydrogens (tertiary/aromatic N) is 3. The van der Waals surface area contributed by atoms with E-state index in [0.29, 0.717) is 18.5 Å². The number of carbonyl (C=O) groups excluding carboxylic acids is 2.